The molecule has 3 aromatic heterocycles. The van der Waals surface area contributed by atoms with E-state index in [-0.39, 0.29) is 5.69 Å². The minimum atomic E-state index is -3.41. The van der Waals surface area contributed by atoms with Crippen LogP contribution in [0.3, 0.4) is 0 Å². The SMILES string of the molecule is CN(c1ncccc1CCc1ccnc(Nc2ccc3c(c2)n(C)c(=O)n3C)n1)S(C)(=O)=O. The van der Waals surface area contributed by atoms with Gasteiger partial charge in [-0.2, -0.15) is 0 Å². The number of pyridine rings is 1. The zero-order valence-corrected chi connectivity index (χ0v) is 19.7. The molecule has 0 radical (unpaired) electrons. The molecule has 3 heterocycles. The fourth-order valence-electron chi connectivity index (χ4n) is 3.64. The van der Waals surface area contributed by atoms with E-state index in [0.29, 0.717) is 24.6 Å². The summed E-state index contributed by atoms with van der Waals surface area (Å²) in [6, 6.07) is 11.1. The molecule has 0 saturated carbocycles. The molecule has 0 aliphatic rings. The van der Waals surface area contributed by atoms with Crippen molar-refractivity contribution < 1.29 is 8.42 Å². The molecule has 0 bridgehead atoms. The maximum atomic E-state index is 12.2. The maximum Gasteiger partial charge on any atom is 0.328 e. The Morgan fingerprint density at radius 1 is 1.00 bits per heavy atom. The number of hydrogen-bond acceptors (Lipinski definition) is 7. The second kappa shape index (κ2) is 8.66. The van der Waals surface area contributed by atoms with Gasteiger partial charge in [0.2, 0.25) is 16.0 Å². The molecular weight excluding hydrogens is 442 g/mol. The van der Waals surface area contributed by atoms with Crippen molar-refractivity contribution in [1.29, 1.82) is 0 Å². The van der Waals surface area contributed by atoms with Crippen molar-refractivity contribution in [1.82, 2.24) is 24.1 Å². The molecule has 33 heavy (non-hydrogen) atoms. The molecular formula is C22H25N7O3S. The van der Waals surface area contributed by atoms with Gasteiger partial charge < -0.3 is 5.32 Å². The van der Waals surface area contributed by atoms with Gasteiger partial charge in [-0.25, -0.2) is 28.2 Å². The highest BCUT2D eigenvalue weighted by atomic mass is 32.2. The van der Waals surface area contributed by atoms with E-state index in [1.54, 1.807) is 41.7 Å². The van der Waals surface area contributed by atoms with E-state index in [9.17, 15) is 13.2 Å². The van der Waals surface area contributed by atoms with E-state index < -0.39 is 10.0 Å². The Morgan fingerprint density at radius 2 is 1.76 bits per heavy atom. The first-order chi connectivity index (χ1) is 15.6. The highest BCUT2D eigenvalue weighted by Gasteiger charge is 2.17. The van der Waals surface area contributed by atoms with Crippen molar-refractivity contribution in [3.63, 3.8) is 0 Å². The van der Waals surface area contributed by atoms with Gasteiger partial charge in [0.15, 0.2) is 0 Å². The molecule has 172 valence electrons. The van der Waals surface area contributed by atoms with E-state index in [0.717, 1.165) is 34.2 Å². The summed E-state index contributed by atoms with van der Waals surface area (Å²) >= 11 is 0. The van der Waals surface area contributed by atoms with E-state index in [4.69, 9.17) is 0 Å². The van der Waals surface area contributed by atoms with Crippen LogP contribution in [0.2, 0.25) is 0 Å². The van der Waals surface area contributed by atoms with Gasteiger partial charge >= 0.3 is 5.69 Å². The van der Waals surface area contributed by atoms with Crippen LogP contribution in [-0.4, -0.2) is 45.8 Å². The lowest BCUT2D eigenvalue weighted by molar-refractivity contribution is 0.599. The van der Waals surface area contributed by atoms with Crippen LogP contribution < -0.4 is 15.3 Å². The fourth-order valence-corrected chi connectivity index (χ4v) is 4.12. The third kappa shape index (κ3) is 4.58. The maximum absolute atomic E-state index is 12.2. The Bertz CT molecular complexity index is 1490. The van der Waals surface area contributed by atoms with Crippen LogP contribution in [0.25, 0.3) is 11.0 Å². The molecule has 0 unspecified atom stereocenters. The number of imidazole rings is 1. The Kier molecular flexibility index (Phi) is 5.90. The lowest BCUT2D eigenvalue weighted by Crippen LogP contribution is -2.27. The predicted octanol–water partition coefficient (Wildman–Crippen LogP) is 1.99. The summed E-state index contributed by atoms with van der Waals surface area (Å²) in [6.07, 6.45) is 5.55. The Morgan fingerprint density at radius 3 is 2.52 bits per heavy atom. The topological polar surface area (TPSA) is 115 Å². The van der Waals surface area contributed by atoms with Crippen LogP contribution >= 0.6 is 0 Å². The molecule has 0 aliphatic heterocycles. The number of nitrogens with zero attached hydrogens (tertiary/aromatic N) is 6. The summed E-state index contributed by atoms with van der Waals surface area (Å²) in [5.41, 5.74) is 3.95. The summed E-state index contributed by atoms with van der Waals surface area (Å²) in [5, 5.41) is 3.19. The summed E-state index contributed by atoms with van der Waals surface area (Å²) in [5.74, 6) is 0.849. The third-order valence-corrected chi connectivity index (χ3v) is 6.72. The first-order valence-corrected chi connectivity index (χ1v) is 12.1. The molecule has 4 aromatic rings. The normalized spacial score (nSPS) is 11.6. The van der Waals surface area contributed by atoms with E-state index in [2.05, 4.69) is 20.3 Å². The molecule has 4 rings (SSSR count). The average molecular weight is 468 g/mol. The molecule has 0 amide bonds. The number of benzene rings is 1. The van der Waals surface area contributed by atoms with E-state index in [1.165, 1.54) is 11.4 Å². The van der Waals surface area contributed by atoms with Crippen LogP contribution in [0.15, 0.2) is 53.6 Å². The number of hydrogen-bond donors (Lipinski definition) is 1. The number of sulfonamides is 1. The number of aromatic nitrogens is 5. The summed E-state index contributed by atoms with van der Waals surface area (Å²) in [4.78, 5) is 25.3. The molecule has 0 atom stereocenters. The highest BCUT2D eigenvalue weighted by molar-refractivity contribution is 7.92. The Balaban J connectivity index is 1.53. The molecule has 10 nitrogen and oxygen atoms in total. The lowest BCUT2D eigenvalue weighted by Gasteiger charge is -2.18. The number of nitrogens with one attached hydrogen (secondary N) is 1. The standard InChI is InChI=1S/C22H25N7O3S/c1-27-18-10-9-17(14-19(18)28(2)22(27)30)26-21-24-13-11-16(25-21)8-7-15-6-5-12-23-20(15)29(3)33(4,31)32/h5-6,9-14H,7-8H2,1-4H3,(H,24,25,26). The molecule has 11 heteroatoms. The third-order valence-electron chi connectivity index (χ3n) is 5.56. The van der Waals surface area contributed by atoms with Gasteiger partial charge in [-0.15, -0.1) is 0 Å². The van der Waals surface area contributed by atoms with Gasteiger partial charge in [-0.1, -0.05) is 6.07 Å². The quantitative estimate of drug-likeness (QED) is 0.442. The van der Waals surface area contributed by atoms with Crippen LogP contribution in [0.1, 0.15) is 11.3 Å². The summed E-state index contributed by atoms with van der Waals surface area (Å²) in [6.45, 7) is 0. The van der Waals surface area contributed by atoms with Gasteiger partial charge in [0.25, 0.3) is 0 Å². The molecule has 0 spiro atoms. The van der Waals surface area contributed by atoms with Crippen molar-refractivity contribution in [3.8, 4) is 0 Å². The smallest absolute Gasteiger partial charge is 0.324 e. The second-order valence-corrected chi connectivity index (χ2v) is 9.83. The number of aryl methyl sites for hydroxylation is 4. The summed E-state index contributed by atoms with van der Waals surface area (Å²) in [7, 11) is 1.56. The molecule has 0 saturated heterocycles. The second-order valence-electron chi connectivity index (χ2n) is 7.82. The van der Waals surface area contributed by atoms with Crippen molar-refractivity contribution in [2.45, 2.75) is 12.8 Å². The monoisotopic (exact) mass is 467 g/mol. The number of fused-ring (bicyclic) bond motifs is 1. The average Bonchev–Trinajstić information content (AvgIpc) is 3.01. The summed E-state index contributed by atoms with van der Waals surface area (Å²) < 4.78 is 28.3. The van der Waals surface area contributed by atoms with Crippen molar-refractivity contribution in [2.75, 3.05) is 22.9 Å². The number of anilines is 3. The Labute approximate surface area is 191 Å². The molecule has 0 fully saturated rings. The zero-order chi connectivity index (χ0) is 23.8. The molecule has 1 N–H and O–H groups in total. The highest BCUT2D eigenvalue weighted by Crippen LogP contribution is 2.22. The van der Waals surface area contributed by atoms with Gasteiger partial charge in [0.05, 0.1) is 17.3 Å². The van der Waals surface area contributed by atoms with Crippen molar-refractivity contribution >= 4 is 38.5 Å². The minimum absolute atomic E-state index is 0.0864. The largest absolute Gasteiger partial charge is 0.328 e. The lowest BCUT2D eigenvalue weighted by atomic mass is 10.1. The van der Waals surface area contributed by atoms with Crippen LogP contribution in [-0.2, 0) is 37.0 Å². The predicted molar refractivity (Wildman–Crippen MR) is 128 cm³/mol. The first kappa shape index (κ1) is 22.5. The van der Waals surface area contributed by atoms with Gasteiger partial charge in [-0.3, -0.25) is 13.4 Å². The zero-order valence-electron chi connectivity index (χ0n) is 18.8. The van der Waals surface area contributed by atoms with Gasteiger partial charge in [0.1, 0.15) is 5.82 Å². The van der Waals surface area contributed by atoms with Gasteiger partial charge in [-0.05, 0) is 48.7 Å². The van der Waals surface area contributed by atoms with Crippen molar-refractivity contribution in [3.05, 3.63) is 70.5 Å². The van der Waals surface area contributed by atoms with Gasteiger partial charge in [0, 0.05) is 44.9 Å². The van der Waals surface area contributed by atoms with E-state index in [1.807, 2.05) is 30.3 Å². The van der Waals surface area contributed by atoms with Crippen LogP contribution in [0, 0.1) is 0 Å². The van der Waals surface area contributed by atoms with E-state index >= 15 is 0 Å². The van der Waals surface area contributed by atoms with Crippen molar-refractivity contribution in [2.24, 2.45) is 14.1 Å². The Hall–Kier alpha value is -3.73. The minimum Gasteiger partial charge on any atom is -0.324 e. The van der Waals surface area contributed by atoms with Crippen LogP contribution in [0.4, 0.5) is 17.5 Å². The molecule has 1 aromatic carbocycles. The first-order valence-electron chi connectivity index (χ1n) is 10.3. The fraction of sp³-hybridized carbons (Fsp3) is 0.273. The van der Waals surface area contributed by atoms with Crippen LogP contribution in [0.5, 0.6) is 0 Å². The number of rotatable bonds is 7. The molecule has 0 aliphatic carbocycles.